The Hall–Kier alpha value is -1.83. The zero-order valence-corrected chi connectivity index (χ0v) is 9.80. The van der Waals surface area contributed by atoms with Gasteiger partial charge in [-0.15, -0.1) is 0 Å². The minimum absolute atomic E-state index is 0.0129. The highest BCUT2D eigenvalue weighted by Gasteiger charge is 2.09. The Balaban J connectivity index is 0. The second kappa shape index (κ2) is 10.7. The van der Waals surface area contributed by atoms with Crippen LogP contribution in [0.2, 0.25) is 0 Å². The Morgan fingerprint density at radius 3 is 2.06 bits per heavy atom. The molecule has 8 N–H and O–H groups in total. The van der Waals surface area contributed by atoms with Gasteiger partial charge in [0.25, 0.3) is 0 Å². The van der Waals surface area contributed by atoms with Crippen LogP contribution < -0.4 is 17.2 Å². The third-order valence-corrected chi connectivity index (χ3v) is 1.59. The van der Waals surface area contributed by atoms with Crippen LogP contribution in [0.3, 0.4) is 0 Å². The highest BCUT2D eigenvalue weighted by Crippen LogP contribution is 1.94. The summed E-state index contributed by atoms with van der Waals surface area (Å²) in [6.07, 6.45) is 1.18. The molecular formula is C9H20N4O4. The first-order valence-corrected chi connectivity index (χ1v) is 5.06. The highest BCUT2D eigenvalue weighted by molar-refractivity contribution is 5.75. The number of hydrogen-bond donors (Lipinski definition) is 5. The smallest absolute Gasteiger partial charge is 0.320 e. The maximum absolute atomic E-state index is 10.2. The molecule has 8 nitrogen and oxygen atoms in total. The topological polar surface area (TPSA) is 165 Å². The molecule has 0 radical (unpaired) electrons. The third kappa shape index (κ3) is 16.8. The molecule has 0 bridgehead atoms. The first-order chi connectivity index (χ1) is 7.81. The van der Waals surface area contributed by atoms with Gasteiger partial charge >= 0.3 is 11.9 Å². The molecule has 0 fully saturated rings. The Kier molecular flexibility index (Phi) is 11.0. The first kappa shape index (κ1) is 17.6. The minimum atomic E-state index is -1.00. The van der Waals surface area contributed by atoms with Gasteiger partial charge in [0.1, 0.15) is 6.04 Å². The summed E-state index contributed by atoms with van der Waals surface area (Å²) < 4.78 is 0. The van der Waals surface area contributed by atoms with Gasteiger partial charge in [-0.25, -0.2) is 0 Å². The van der Waals surface area contributed by atoms with Gasteiger partial charge in [-0.2, -0.15) is 0 Å². The number of carboxylic acids is 2. The summed E-state index contributed by atoms with van der Waals surface area (Å²) in [5.74, 6) is -1.73. The molecule has 0 aliphatic heterocycles. The molecule has 0 aliphatic rings. The molecule has 1 unspecified atom stereocenters. The first-order valence-electron chi connectivity index (χ1n) is 5.06. The number of aliphatic carboxylic acids is 2. The molecule has 17 heavy (non-hydrogen) atoms. The van der Waals surface area contributed by atoms with E-state index in [1.54, 1.807) is 6.92 Å². The van der Waals surface area contributed by atoms with E-state index in [0.717, 1.165) is 0 Å². The molecule has 0 aromatic carbocycles. The average molecular weight is 248 g/mol. The van der Waals surface area contributed by atoms with Crippen molar-refractivity contribution in [1.29, 1.82) is 0 Å². The SMILES string of the molecule is CCC(=O)O.NC(N)=NCCCC(N)C(=O)O. The van der Waals surface area contributed by atoms with E-state index in [2.05, 4.69) is 4.99 Å². The van der Waals surface area contributed by atoms with Gasteiger partial charge in [-0.05, 0) is 12.8 Å². The number of carboxylic acid groups (broad SMARTS) is 2. The Morgan fingerprint density at radius 1 is 1.29 bits per heavy atom. The highest BCUT2D eigenvalue weighted by atomic mass is 16.4. The van der Waals surface area contributed by atoms with Crippen molar-refractivity contribution >= 4 is 17.9 Å². The normalized spacial score (nSPS) is 10.7. The van der Waals surface area contributed by atoms with Gasteiger partial charge < -0.3 is 27.4 Å². The Morgan fingerprint density at radius 2 is 1.76 bits per heavy atom. The summed E-state index contributed by atoms with van der Waals surface area (Å²) >= 11 is 0. The standard InChI is InChI=1S/C6H14N4O2.C3H6O2/c7-4(5(11)12)2-1-3-10-6(8)9;1-2-3(4)5/h4H,1-3,7H2,(H,11,12)(H4,8,9,10);2H2,1H3,(H,4,5). The fourth-order valence-electron chi connectivity index (χ4n) is 0.643. The molecule has 0 heterocycles. The van der Waals surface area contributed by atoms with Crippen LogP contribution in [-0.2, 0) is 9.59 Å². The minimum Gasteiger partial charge on any atom is -0.481 e. The molecular weight excluding hydrogens is 228 g/mol. The Labute approximate surface area is 99.5 Å². The van der Waals surface area contributed by atoms with Crippen LogP contribution in [0.5, 0.6) is 0 Å². The van der Waals surface area contributed by atoms with Gasteiger partial charge in [0, 0.05) is 13.0 Å². The molecule has 1 atom stereocenters. The van der Waals surface area contributed by atoms with Crippen LogP contribution >= 0.6 is 0 Å². The summed E-state index contributed by atoms with van der Waals surface area (Å²) in [6.45, 7) is 2.02. The Bertz CT molecular complexity index is 264. The van der Waals surface area contributed by atoms with Crippen LogP contribution in [-0.4, -0.2) is 40.7 Å². The zero-order valence-electron chi connectivity index (χ0n) is 9.80. The van der Waals surface area contributed by atoms with Crippen LogP contribution in [0.4, 0.5) is 0 Å². The lowest BCUT2D eigenvalue weighted by atomic mass is 10.2. The fourth-order valence-corrected chi connectivity index (χ4v) is 0.643. The van der Waals surface area contributed by atoms with E-state index in [1.807, 2.05) is 0 Å². The fraction of sp³-hybridized carbons (Fsp3) is 0.667. The summed E-state index contributed by atoms with van der Waals surface area (Å²) in [6, 6.07) is -0.820. The van der Waals surface area contributed by atoms with E-state index in [9.17, 15) is 9.59 Å². The number of rotatable bonds is 6. The lowest BCUT2D eigenvalue weighted by molar-refractivity contribution is -0.139. The largest absolute Gasteiger partial charge is 0.481 e. The van der Waals surface area contributed by atoms with Crippen molar-refractivity contribution in [3.63, 3.8) is 0 Å². The lowest BCUT2D eigenvalue weighted by Gasteiger charge is -2.03. The van der Waals surface area contributed by atoms with E-state index in [1.165, 1.54) is 0 Å². The number of carbonyl (C=O) groups is 2. The second-order valence-electron chi connectivity index (χ2n) is 3.14. The van der Waals surface area contributed by atoms with Gasteiger partial charge in [-0.1, -0.05) is 6.92 Å². The maximum Gasteiger partial charge on any atom is 0.320 e. The van der Waals surface area contributed by atoms with Crippen LogP contribution in [0.1, 0.15) is 26.2 Å². The molecule has 0 saturated carbocycles. The predicted octanol–water partition coefficient (Wildman–Crippen LogP) is -1.07. The molecule has 0 spiro atoms. The zero-order chi connectivity index (χ0) is 13.8. The molecule has 8 heteroatoms. The molecule has 100 valence electrons. The van der Waals surface area contributed by atoms with Crippen molar-refractivity contribution in [2.75, 3.05) is 6.54 Å². The van der Waals surface area contributed by atoms with E-state index in [0.29, 0.717) is 19.4 Å². The quantitative estimate of drug-likeness (QED) is 0.227. The second-order valence-corrected chi connectivity index (χ2v) is 3.14. The summed E-state index contributed by atoms with van der Waals surface area (Å²) in [5.41, 5.74) is 15.3. The number of hydrogen-bond acceptors (Lipinski definition) is 4. The molecule has 0 aliphatic carbocycles. The number of nitrogens with zero attached hydrogens (tertiary/aromatic N) is 1. The van der Waals surface area contributed by atoms with Gasteiger partial charge in [0.05, 0.1) is 0 Å². The molecule has 0 saturated heterocycles. The lowest BCUT2D eigenvalue weighted by Crippen LogP contribution is -2.30. The monoisotopic (exact) mass is 248 g/mol. The van der Waals surface area contributed by atoms with Crippen LogP contribution in [0, 0.1) is 0 Å². The van der Waals surface area contributed by atoms with E-state index in [-0.39, 0.29) is 12.4 Å². The van der Waals surface area contributed by atoms with Crippen molar-refractivity contribution in [2.24, 2.45) is 22.2 Å². The summed E-state index contributed by atoms with van der Waals surface area (Å²) in [4.78, 5) is 23.3. The van der Waals surface area contributed by atoms with Gasteiger partial charge in [0.15, 0.2) is 5.96 Å². The molecule has 0 rings (SSSR count). The summed E-state index contributed by atoms with van der Waals surface area (Å²) in [7, 11) is 0. The van der Waals surface area contributed by atoms with Gasteiger partial charge in [0.2, 0.25) is 0 Å². The van der Waals surface area contributed by atoms with Crippen molar-refractivity contribution in [2.45, 2.75) is 32.2 Å². The van der Waals surface area contributed by atoms with Crippen LogP contribution in [0.15, 0.2) is 4.99 Å². The summed E-state index contributed by atoms with van der Waals surface area (Å²) in [5, 5.41) is 16.1. The van der Waals surface area contributed by atoms with E-state index < -0.39 is 18.0 Å². The predicted molar refractivity (Wildman–Crippen MR) is 63.4 cm³/mol. The number of nitrogens with two attached hydrogens (primary N) is 3. The van der Waals surface area contributed by atoms with Crippen molar-refractivity contribution < 1.29 is 19.8 Å². The average Bonchev–Trinajstić information content (AvgIpc) is 2.24. The van der Waals surface area contributed by atoms with E-state index >= 15 is 0 Å². The molecule has 0 aromatic rings. The third-order valence-electron chi connectivity index (χ3n) is 1.59. The van der Waals surface area contributed by atoms with Crippen molar-refractivity contribution in [1.82, 2.24) is 0 Å². The van der Waals surface area contributed by atoms with Crippen molar-refractivity contribution in [3.8, 4) is 0 Å². The number of aliphatic imine (C=N–C) groups is 1. The molecule has 0 aromatic heterocycles. The van der Waals surface area contributed by atoms with E-state index in [4.69, 9.17) is 27.4 Å². The van der Waals surface area contributed by atoms with Crippen molar-refractivity contribution in [3.05, 3.63) is 0 Å². The van der Waals surface area contributed by atoms with Crippen LogP contribution in [0.25, 0.3) is 0 Å². The number of guanidine groups is 1. The maximum atomic E-state index is 10.2. The molecule has 0 amide bonds. The van der Waals surface area contributed by atoms with Gasteiger partial charge in [-0.3, -0.25) is 14.6 Å².